The van der Waals surface area contributed by atoms with Crippen LogP contribution in [-0.2, 0) is 17.8 Å². The van der Waals surface area contributed by atoms with E-state index in [2.05, 4.69) is 25.6 Å². The highest BCUT2D eigenvalue weighted by atomic mass is 19.2. The average molecular weight is 497 g/mol. The number of aryl methyl sites for hydroxylation is 1. The SMILES string of the molecule is CN/C(=C\C=N)Nc1ncc(C)c(-c2cn3c(n2)C(=O)N(Cc2ccc(F)c(F)c2)[C@@H](COC)C3)n1. The molecule has 10 nitrogen and oxygen atoms in total. The number of halogens is 2. The Bertz CT molecular complexity index is 1320. The molecule has 3 aromatic rings. The summed E-state index contributed by atoms with van der Waals surface area (Å²) < 4.78 is 34.2. The van der Waals surface area contributed by atoms with Crippen molar-refractivity contribution in [2.45, 2.75) is 26.1 Å². The van der Waals surface area contributed by atoms with Crippen LogP contribution in [0.25, 0.3) is 11.4 Å². The van der Waals surface area contributed by atoms with Crippen LogP contribution in [0.3, 0.4) is 0 Å². The molecule has 1 amide bonds. The molecule has 0 fully saturated rings. The minimum Gasteiger partial charge on any atom is -0.382 e. The molecular formula is C24H26F2N8O2. The molecule has 0 unspecified atom stereocenters. The third kappa shape index (κ3) is 5.08. The van der Waals surface area contributed by atoms with Gasteiger partial charge in [0.15, 0.2) is 17.5 Å². The number of benzene rings is 1. The van der Waals surface area contributed by atoms with Crippen LogP contribution < -0.4 is 10.6 Å². The highest BCUT2D eigenvalue weighted by Gasteiger charge is 2.35. The van der Waals surface area contributed by atoms with Gasteiger partial charge >= 0.3 is 0 Å². The van der Waals surface area contributed by atoms with Crippen LogP contribution in [0.15, 0.2) is 42.5 Å². The standard InChI is InChI=1S/C24H26F2N8O2/c1-14-9-29-24(31-20(28-2)6-7-27)32-21(14)19-12-33-11-16(13-36-3)34(23(35)22(33)30-19)10-15-4-5-17(25)18(26)8-15/h4-9,12,16,27-28H,10-11,13H2,1-3H3,(H,29,31,32)/b20-6+,27-7?/t16-/m1/s1. The lowest BCUT2D eigenvalue weighted by Crippen LogP contribution is -2.49. The predicted octanol–water partition coefficient (Wildman–Crippen LogP) is 2.72. The van der Waals surface area contributed by atoms with Gasteiger partial charge in [0.25, 0.3) is 5.91 Å². The second-order valence-electron chi connectivity index (χ2n) is 8.24. The molecule has 1 aliphatic heterocycles. The van der Waals surface area contributed by atoms with E-state index in [0.717, 1.165) is 23.9 Å². The number of nitrogens with one attached hydrogen (secondary N) is 3. The van der Waals surface area contributed by atoms with Crippen LogP contribution in [0.4, 0.5) is 14.7 Å². The van der Waals surface area contributed by atoms with Gasteiger partial charge < -0.3 is 30.2 Å². The second-order valence-corrected chi connectivity index (χ2v) is 8.24. The van der Waals surface area contributed by atoms with Crippen LogP contribution in [0.5, 0.6) is 0 Å². The highest BCUT2D eigenvalue weighted by molar-refractivity contribution is 5.92. The van der Waals surface area contributed by atoms with Crippen LogP contribution in [0.2, 0.25) is 0 Å². The number of rotatable bonds is 9. The van der Waals surface area contributed by atoms with Crippen LogP contribution in [0, 0.1) is 24.0 Å². The number of fused-ring (bicyclic) bond motifs is 1. The zero-order chi connectivity index (χ0) is 25.8. The third-order valence-corrected chi connectivity index (χ3v) is 5.75. The molecular weight excluding hydrogens is 470 g/mol. The van der Waals surface area contributed by atoms with Gasteiger partial charge in [0.1, 0.15) is 11.5 Å². The normalized spacial score (nSPS) is 15.6. The first-order chi connectivity index (χ1) is 17.3. The smallest absolute Gasteiger partial charge is 0.290 e. The summed E-state index contributed by atoms with van der Waals surface area (Å²) in [5.74, 6) is -1.21. The van der Waals surface area contributed by atoms with Gasteiger partial charge in [-0.25, -0.2) is 23.7 Å². The van der Waals surface area contributed by atoms with E-state index >= 15 is 0 Å². The van der Waals surface area contributed by atoms with Gasteiger partial charge in [-0.2, -0.15) is 0 Å². The van der Waals surface area contributed by atoms with Crippen molar-refractivity contribution < 1.29 is 18.3 Å². The molecule has 36 heavy (non-hydrogen) atoms. The molecule has 3 heterocycles. The molecule has 188 valence electrons. The van der Waals surface area contributed by atoms with Crippen molar-refractivity contribution >= 4 is 18.1 Å². The maximum atomic E-state index is 13.8. The number of amides is 1. The van der Waals surface area contributed by atoms with Crippen molar-refractivity contribution in [2.75, 3.05) is 26.1 Å². The van der Waals surface area contributed by atoms with Crippen LogP contribution in [0.1, 0.15) is 21.7 Å². The fourth-order valence-electron chi connectivity index (χ4n) is 3.98. The van der Waals surface area contributed by atoms with E-state index < -0.39 is 11.6 Å². The first-order valence-corrected chi connectivity index (χ1v) is 11.1. The van der Waals surface area contributed by atoms with Gasteiger partial charge in [-0.1, -0.05) is 6.07 Å². The zero-order valence-corrected chi connectivity index (χ0v) is 20.0. The average Bonchev–Trinajstić information content (AvgIpc) is 3.29. The van der Waals surface area contributed by atoms with Gasteiger partial charge in [0, 0.05) is 45.9 Å². The first kappa shape index (κ1) is 24.9. The van der Waals surface area contributed by atoms with Gasteiger partial charge in [0.05, 0.1) is 18.3 Å². The molecule has 2 aromatic heterocycles. The highest BCUT2D eigenvalue weighted by Crippen LogP contribution is 2.27. The Morgan fingerprint density at radius 1 is 1.31 bits per heavy atom. The lowest BCUT2D eigenvalue weighted by atomic mass is 10.1. The number of anilines is 1. The van der Waals surface area contributed by atoms with Gasteiger partial charge in [0.2, 0.25) is 5.95 Å². The van der Waals surface area contributed by atoms with Crippen molar-refractivity contribution in [2.24, 2.45) is 0 Å². The van der Waals surface area contributed by atoms with E-state index in [4.69, 9.17) is 10.1 Å². The lowest BCUT2D eigenvalue weighted by molar-refractivity contribution is 0.0379. The Kier molecular flexibility index (Phi) is 7.34. The Morgan fingerprint density at radius 2 is 2.11 bits per heavy atom. The molecule has 1 aliphatic rings. The summed E-state index contributed by atoms with van der Waals surface area (Å²) in [5.41, 5.74) is 2.26. The van der Waals surface area contributed by atoms with Gasteiger partial charge in [-0.05, 0) is 36.3 Å². The lowest BCUT2D eigenvalue weighted by Gasteiger charge is -2.35. The summed E-state index contributed by atoms with van der Waals surface area (Å²) in [6.45, 7) is 2.59. The number of imidazole rings is 1. The molecule has 3 N–H and O–H groups in total. The zero-order valence-electron chi connectivity index (χ0n) is 20.0. The summed E-state index contributed by atoms with van der Waals surface area (Å²) >= 11 is 0. The van der Waals surface area contributed by atoms with E-state index in [-0.39, 0.29) is 30.9 Å². The number of allylic oxidation sites excluding steroid dienone is 1. The van der Waals surface area contributed by atoms with Crippen LogP contribution in [-0.4, -0.2) is 63.3 Å². The number of methoxy groups -OCH3 is 1. The fourth-order valence-corrected chi connectivity index (χ4v) is 3.98. The number of carbonyl (C=O) groups is 1. The number of aromatic nitrogens is 4. The Balaban J connectivity index is 1.66. The molecule has 1 aromatic carbocycles. The second kappa shape index (κ2) is 10.6. The van der Waals surface area contributed by atoms with Crippen molar-refractivity contribution in [1.82, 2.24) is 29.7 Å². The molecule has 1 atom stereocenters. The summed E-state index contributed by atoms with van der Waals surface area (Å²) in [4.78, 5) is 28.4. The van der Waals surface area contributed by atoms with E-state index in [1.807, 2.05) is 6.92 Å². The van der Waals surface area contributed by atoms with Gasteiger partial charge in [-0.15, -0.1) is 0 Å². The molecule has 4 rings (SSSR count). The Morgan fingerprint density at radius 3 is 2.81 bits per heavy atom. The Hall–Kier alpha value is -4.19. The molecule has 0 bridgehead atoms. The number of ether oxygens (including phenoxy) is 1. The summed E-state index contributed by atoms with van der Waals surface area (Å²) in [5, 5.41) is 13.2. The molecule has 12 heteroatoms. The van der Waals surface area contributed by atoms with Crippen molar-refractivity contribution in [3.05, 3.63) is 71.1 Å². The summed E-state index contributed by atoms with van der Waals surface area (Å²) in [7, 11) is 3.25. The van der Waals surface area contributed by atoms with Crippen molar-refractivity contribution in [3.63, 3.8) is 0 Å². The largest absolute Gasteiger partial charge is 0.382 e. The van der Waals surface area contributed by atoms with Gasteiger partial charge in [-0.3, -0.25) is 4.79 Å². The van der Waals surface area contributed by atoms with Crippen molar-refractivity contribution in [1.29, 1.82) is 5.41 Å². The molecule has 0 spiro atoms. The first-order valence-electron chi connectivity index (χ1n) is 11.1. The summed E-state index contributed by atoms with van der Waals surface area (Å²) in [6, 6.07) is 3.25. The van der Waals surface area contributed by atoms with E-state index in [1.54, 1.807) is 36.0 Å². The third-order valence-electron chi connectivity index (χ3n) is 5.75. The maximum Gasteiger partial charge on any atom is 0.290 e. The van der Waals surface area contributed by atoms with E-state index in [9.17, 15) is 13.6 Å². The molecule has 0 saturated heterocycles. The summed E-state index contributed by atoms with van der Waals surface area (Å²) in [6.07, 6.45) is 6.06. The van der Waals surface area contributed by atoms with E-state index in [0.29, 0.717) is 35.3 Å². The monoisotopic (exact) mass is 496 g/mol. The fraction of sp³-hybridized carbons (Fsp3) is 0.292. The minimum atomic E-state index is -0.968. The predicted molar refractivity (Wildman–Crippen MR) is 129 cm³/mol. The number of carbonyl (C=O) groups excluding carboxylic acids is 1. The van der Waals surface area contributed by atoms with Crippen molar-refractivity contribution in [3.8, 4) is 11.4 Å². The van der Waals surface area contributed by atoms with E-state index in [1.165, 1.54) is 12.1 Å². The number of hydrogen-bond donors (Lipinski definition) is 3. The van der Waals surface area contributed by atoms with Crippen LogP contribution >= 0.6 is 0 Å². The minimum absolute atomic E-state index is 0.0823. The molecule has 0 saturated carbocycles. The molecule has 0 radical (unpaired) electrons. The Labute approximate surface area is 206 Å². The quantitative estimate of drug-likeness (QED) is 0.390. The maximum absolute atomic E-state index is 13.8. The number of nitrogens with zero attached hydrogens (tertiary/aromatic N) is 5. The molecule has 0 aliphatic carbocycles. The topological polar surface area (TPSA) is 121 Å². The number of hydrogen-bond acceptors (Lipinski definition) is 8.